The Labute approximate surface area is 127 Å². The third kappa shape index (κ3) is 7.36. The molecule has 0 unspecified atom stereocenters. The maximum Gasteiger partial charge on any atom is 0.326 e. The first kappa shape index (κ1) is 17.0. The van der Waals surface area contributed by atoms with E-state index in [2.05, 4.69) is 5.32 Å². The number of thioether (sulfide) groups is 1. The second kappa shape index (κ2) is 9.02. The fraction of sp³-hybridized carbons (Fsp3) is 0.357. The van der Waals surface area contributed by atoms with Gasteiger partial charge < -0.3 is 16.2 Å². The molecule has 2 amide bonds. The number of amides is 2. The van der Waals surface area contributed by atoms with E-state index in [0.717, 1.165) is 10.6 Å². The fourth-order valence-corrected chi connectivity index (χ4v) is 2.48. The van der Waals surface area contributed by atoms with Crippen LogP contribution < -0.4 is 11.1 Å². The Hall–Kier alpha value is -2.02. The lowest BCUT2D eigenvalue weighted by Crippen LogP contribution is -2.43. The van der Waals surface area contributed by atoms with Crippen molar-refractivity contribution in [1.82, 2.24) is 5.32 Å². The first-order valence-corrected chi connectivity index (χ1v) is 7.46. The molecule has 7 heteroatoms. The number of nitrogens with one attached hydrogen (secondary N) is 1. The molecule has 21 heavy (non-hydrogen) atoms. The second-order valence-corrected chi connectivity index (χ2v) is 5.56. The van der Waals surface area contributed by atoms with Crippen LogP contribution in [0.3, 0.4) is 0 Å². The molecule has 6 nitrogen and oxygen atoms in total. The molecular formula is C14H18N2O4S. The van der Waals surface area contributed by atoms with Gasteiger partial charge in [-0.15, -0.1) is 11.8 Å². The predicted octanol–water partition coefficient (Wildman–Crippen LogP) is 1.00. The van der Waals surface area contributed by atoms with Gasteiger partial charge in [0.1, 0.15) is 6.04 Å². The third-order valence-corrected chi connectivity index (χ3v) is 3.70. The third-order valence-electron chi connectivity index (χ3n) is 2.60. The van der Waals surface area contributed by atoms with Gasteiger partial charge in [0, 0.05) is 11.3 Å². The van der Waals surface area contributed by atoms with Crippen molar-refractivity contribution in [1.29, 1.82) is 0 Å². The predicted molar refractivity (Wildman–Crippen MR) is 79.8 cm³/mol. The summed E-state index contributed by atoms with van der Waals surface area (Å²) in [7, 11) is 0. The Balaban J connectivity index is 2.26. The van der Waals surface area contributed by atoms with Crippen molar-refractivity contribution >= 4 is 29.5 Å². The lowest BCUT2D eigenvalue weighted by Gasteiger charge is -2.12. The highest BCUT2D eigenvalue weighted by Gasteiger charge is 2.21. The molecule has 0 heterocycles. The SMILES string of the molecule is NC(=O)C[C@H](NC(=O)CCCSc1ccccc1)C(=O)O. The Kier molecular flexibility index (Phi) is 7.31. The van der Waals surface area contributed by atoms with Crippen LogP contribution in [0.25, 0.3) is 0 Å². The van der Waals surface area contributed by atoms with Gasteiger partial charge >= 0.3 is 5.97 Å². The zero-order valence-corrected chi connectivity index (χ0v) is 12.3. The summed E-state index contributed by atoms with van der Waals surface area (Å²) in [6.45, 7) is 0. The summed E-state index contributed by atoms with van der Waals surface area (Å²) in [4.78, 5) is 34.3. The molecule has 0 fully saturated rings. The highest BCUT2D eigenvalue weighted by atomic mass is 32.2. The number of rotatable bonds is 9. The minimum atomic E-state index is -1.26. The molecule has 4 N–H and O–H groups in total. The van der Waals surface area contributed by atoms with Crippen molar-refractivity contribution in [3.8, 4) is 0 Å². The first-order chi connectivity index (χ1) is 9.99. The van der Waals surface area contributed by atoms with E-state index in [1.165, 1.54) is 0 Å². The maximum atomic E-state index is 11.6. The highest BCUT2D eigenvalue weighted by Crippen LogP contribution is 2.18. The van der Waals surface area contributed by atoms with E-state index >= 15 is 0 Å². The van der Waals surface area contributed by atoms with Crippen LogP contribution in [0.15, 0.2) is 35.2 Å². The van der Waals surface area contributed by atoms with Crippen LogP contribution in [0.1, 0.15) is 19.3 Å². The Bertz CT molecular complexity index is 493. The van der Waals surface area contributed by atoms with Crippen molar-refractivity contribution in [3.05, 3.63) is 30.3 Å². The van der Waals surface area contributed by atoms with Crippen molar-refractivity contribution in [3.63, 3.8) is 0 Å². The zero-order valence-electron chi connectivity index (χ0n) is 11.5. The van der Waals surface area contributed by atoms with Gasteiger partial charge in [-0.2, -0.15) is 0 Å². The molecule has 0 aliphatic carbocycles. The number of primary amides is 1. The van der Waals surface area contributed by atoms with E-state index in [9.17, 15) is 14.4 Å². The van der Waals surface area contributed by atoms with Crippen LogP contribution in [-0.4, -0.2) is 34.7 Å². The lowest BCUT2D eigenvalue weighted by atomic mass is 10.2. The number of carbonyl (C=O) groups is 3. The molecular weight excluding hydrogens is 292 g/mol. The van der Waals surface area contributed by atoms with E-state index in [0.29, 0.717) is 6.42 Å². The number of carbonyl (C=O) groups excluding carboxylic acids is 2. The minimum absolute atomic E-state index is 0.211. The molecule has 114 valence electrons. The van der Waals surface area contributed by atoms with Crippen molar-refractivity contribution in [2.24, 2.45) is 5.73 Å². The Morgan fingerprint density at radius 2 is 1.90 bits per heavy atom. The van der Waals surface area contributed by atoms with Gasteiger partial charge in [0.2, 0.25) is 11.8 Å². The van der Waals surface area contributed by atoms with E-state index in [1.54, 1.807) is 11.8 Å². The van der Waals surface area contributed by atoms with Crippen LogP contribution in [0.5, 0.6) is 0 Å². The summed E-state index contributed by atoms with van der Waals surface area (Å²) in [6, 6.07) is 8.53. The molecule has 1 atom stereocenters. The number of benzene rings is 1. The average molecular weight is 310 g/mol. The molecule has 0 saturated heterocycles. The number of carboxylic acid groups (broad SMARTS) is 1. The smallest absolute Gasteiger partial charge is 0.326 e. The topological polar surface area (TPSA) is 109 Å². The van der Waals surface area contributed by atoms with Crippen molar-refractivity contribution in [2.45, 2.75) is 30.2 Å². The normalized spacial score (nSPS) is 11.6. The summed E-state index contributed by atoms with van der Waals surface area (Å²) >= 11 is 1.63. The summed E-state index contributed by atoms with van der Waals surface area (Å²) in [5.74, 6) is -1.66. The van der Waals surface area contributed by atoms with Crippen molar-refractivity contribution < 1.29 is 19.5 Å². The van der Waals surface area contributed by atoms with Crippen molar-refractivity contribution in [2.75, 3.05) is 5.75 Å². The quantitative estimate of drug-likeness (QED) is 0.466. The zero-order chi connectivity index (χ0) is 15.7. The van der Waals surface area contributed by atoms with Gasteiger partial charge in [0.15, 0.2) is 0 Å². The van der Waals surface area contributed by atoms with Gasteiger partial charge in [-0.1, -0.05) is 18.2 Å². The molecule has 0 bridgehead atoms. The van der Waals surface area contributed by atoms with E-state index in [1.807, 2.05) is 30.3 Å². The molecule has 0 spiro atoms. The molecule has 1 rings (SSSR count). The molecule has 0 aromatic heterocycles. The average Bonchev–Trinajstić information content (AvgIpc) is 2.43. The standard InChI is InChI=1S/C14H18N2O4S/c15-12(17)9-11(14(19)20)16-13(18)7-4-8-21-10-5-2-1-3-6-10/h1-3,5-6,11H,4,7-9H2,(H2,15,17)(H,16,18)(H,19,20)/t11-/m0/s1. The number of hydrogen-bond donors (Lipinski definition) is 3. The van der Waals surface area contributed by atoms with Crippen LogP contribution in [0.4, 0.5) is 0 Å². The Morgan fingerprint density at radius 1 is 1.24 bits per heavy atom. The fourth-order valence-electron chi connectivity index (χ4n) is 1.61. The summed E-state index contributed by atoms with van der Waals surface area (Å²) < 4.78 is 0. The van der Waals surface area contributed by atoms with Gasteiger partial charge in [-0.25, -0.2) is 4.79 Å². The molecule has 0 aliphatic heterocycles. The maximum absolute atomic E-state index is 11.6. The number of hydrogen-bond acceptors (Lipinski definition) is 4. The molecule has 0 radical (unpaired) electrons. The molecule has 0 saturated carbocycles. The number of aliphatic carboxylic acids is 1. The lowest BCUT2D eigenvalue weighted by molar-refractivity contribution is -0.143. The van der Waals surface area contributed by atoms with Gasteiger partial charge in [-0.3, -0.25) is 9.59 Å². The minimum Gasteiger partial charge on any atom is -0.480 e. The summed E-state index contributed by atoms with van der Waals surface area (Å²) in [5.41, 5.74) is 4.94. The first-order valence-electron chi connectivity index (χ1n) is 6.47. The largest absolute Gasteiger partial charge is 0.480 e. The van der Waals surface area contributed by atoms with E-state index < -0.39 is 30.2 Å². The summed E-state index contributed by atoms with van der Waals surface area (Å²) in [6.07, 6.45) is 0.427. The van der Waals surface area contributed by atoms with Gasteiger partial charge in [0.05, 0.1) is 6.42 Å². The van der Waals surface area contributed by atoms with E-state index in [-0.39, 0.29) is 6.42 Å². The highest BCUT2D eigenvalue weighted by molar-refractivity contribution is 7.99. The van der Waals surface area contributed by atoms with Crippen LogP contribution >= 0.6 is 11.8 Å². The molecule has 1 aromatic rings. The van der Waals surface area contributed by atoms with Crippen LogP contribution in [0, 0.1) is 0 Å². The van der Waals surface area contributed by atoms with Crippen LogP contribution in [0.2, 0.25) is 0 Å². The molecule has 1 aromatic carbocycles. The monoisotopic (exact) mass is 310 g/mol. The van der Waals surface area contributed by atoms with Crippen LogP contribution in [-0.2, 0) is 14.4 Å². The molecule has 0 aliphatic rings. The van der Waals surface area contributed by atoms with Gasteiger partial charge in [-0.05, 0) is 24.3 Å². The second-order valence-electron chi connectivity index (χ2n) is 4.39. The number of carboxylic acids is 1. The number of nitrogens with two attached hydrogens (primary N) is 1. The summed E-state index contributed by atoms with van der Waals surface area (Å²) in [5, 5.41) is 11.2. The van der Waals surface area contributed by atoms with Gasteiger partial charge in [0.25, 0.3) is 0 Å². The Morgan fingerprint density at radius 3 is 2.48 bits per heavy atom. The van der Waals surface area contributed by atoms with E-state index in [4.69, 9.17) is 10.8 Å².